The molecule has 0 aromatic heterocycles. The molecule has 0 saturated carbocycles. The number of nitrogens with one attached hydrogen (secondary N) is 2. The Kier molecular flexibility index (Phi) is 7.16. The van der Waals surface area contributed by atoms with Crippen LogP contribution in [0.4, 0.5) is 4.79 Å². The monoisotopic (exact) mass is 434 g/mol. The summed E-state index contributed by atoms with van der Waals surface area (Å²) in [5.74, 6) is 2.97. The molecule has 32 heavy (non-hydrogen) atoms. The molecule has 0 radical (unpaired) electrons. The standard InChI is InChI=1S/C25H26N2O5/c1-3-25(4-2,23(29)30)27-22(28)14-9-15-26-24(31)32-16-21-19-12-7-5-10-17(19)18-11-6-8-13-20(18)21/h5-8,10-13,21H,3-4,15-16H2,1-2H3,(H,26,31)(H,27,28)(H,29,30). The fraction of sp³-hybridized carbons (Fsp3) is 0.320. The Balaban J connectivity index is 1.52. The van der Waals surface area contributed by atoms with Crippen LogP contribution in [0.3, 0.4) is 0 Å². The minimum Gasteiger partial charge on any atom is -0.480 e. The van der Waals surface area contributed by atoms with Gasteiger partial charge in [0.25, 0.3) is 5.91 Å². The Morgan fingerprint density at radius 2 is 1.56 bits per heavy atom. The molecule has 0 fully saturated rings. The molecule has 0 saturated heterocycles. The lowest BCUT2D eigenvalue weighted by atomic mass is 9.93. The van der Waals surface area contributed by atoms with Gasteiger partial charge in [-0.3, -0.25) is 4.79 Å². The highest BCUT2D eigenvalue weighted by Crippen LogP contribution is 2.44. The zero-order valence-electron chi connectivity index (χ0n) is 18.1. The van der Waals surface area contributed by atoms with Gasteiger partial charge in [-0.25, -0.2) is 9.59 Å². The molecule has 0 bridgehead atoms. The molecule has 1 aliphatic rings. The zero-order valence-corrected chi connectivity index (χ0v) is 18.1. The van der Waals surface area contributed by atoms with Crippen LogP contribution in [0.1, 0.15) is 43.7 Å². The molecule has 2 aromatic rings. The quantitative estimate of drug-likeness (QED) is 0.580. The second-order valence-corrected chi connectivity index (χ2v) is 7.53. The van der Waals surface area contributed by atoms with Crippen LogP contribution in [0.15, 0.2) is 48.5 Å². The van der Waals surface area contributed by atoms with Gasteiger partial charge < -0.3 is 20.5 Å². The summed E-state index contributed by atoms with van der Waals surface area (Å²) in [5, 5.41) is 14.3. The lowest BCUT2D eigenvalue weighted by Crippen LogP contribution is -2.53. The lowest BCUT2D eigenvalue weighted by molar-refractivity contribution is -0.147. The molecule has 1 aliphatic carbocycles. The highest BCUT2D eigenvalue weighted by Gasteiger charge is 2.36. The van der Waals surface area contributed by atoms with E-state index >= 15 is 0 Å². The molecule has 0 unspecified atom stereocenters. The maximum Gasteiger partial charge on any atom is 0.407 e. The van der Waals surface area contributed by atoms with E-state index in [1.807, 2.05) is 36.4 Å². The van der Waals surface area contributed by atoms with Crippen LogP contribution in [-0.4, -0.2) is 41.8 Å². The molecular formula is C25H26N2O5. The number of carboxylic acid groups (broad SMARTS) is 1. The van der Waals surface area contributed by atoms with Gasteiger partial charge in [-0.2, -0.15) is 0 Å². The number of hydrogen-bond acceptors (Lipinski definition) is 4. The summed E-state index contributed by atoms with van der Waals surface area (Å²) in [7, 11) is 0. The number of ether oxygens (including phenoxy) is 1. The Bertz CT molecular complexity index is 1030. The highest BCUT2D eigenvalue weighted by atomic mass is 16.5. The summed E-state index contributed by atoms with van der Waals surface area (Å²) in [4.78, 5) is 35.5. The summed E-state index contributed by atoms with van der Waals surface area (Å²) in [6, 6.07) is 16.1. The van der Waals surface area contributed by atoms with Crippen molar-refractivity contribution in [3.63, 3.8) is 0 Å². The second kappa shape index (κ2) is 10.0. The van der Waals surface area contributed by atoms with Gasteiger partial charge in [-0.05, 0) is 41.0 Å². The molecule has 7 heteroatoms. The Morgan fingerprint density at radius 1 is 1.00 bits per heavy atom. The number of carboxylic acids is 1. The molecule has 0 atom stereocenters. The fourth-order valence-corrected chi connectivity index (χ4v) is 3.92. The number of aliphatic carboxylic acids is 1. The van der Waals surface area contributed by atoms with Crippen LogP contribution < -0.4 is 10.6 Å². The number of hydrogen-bond donors (Lipinski definition) is 3. The van der Waals surface area contributed by atoms with Crippen molar-refractivity contribution >= 4 is 18.0 Å². The molecular weight excluding hydrogens is 408 g/mol. The predicted molar refractivity (Wildman–Crippen MR) is 120 cm³/mol. The first-order valence-corrected chi connectivity index (χ1v) is 10.5. The molecule has 2 aromatic carbocycles. The van der Waals surface area contributed by atoms with Crippen LogP contribution >= 0.6 is 0 Å². The van der Waals surface area contributed by atoms with Crippen LogP contribution in [0.5, 0.6) is 0 Å². The summed E-state index contributed by atoms with van der Waals surface area (Å²) in [6.45, 7) is 3.46. The van der Waals surface area contributed by atoms with Crippen molar-refractivity contribution < 1.29 is 24.2 Å². The minimum atomic E-state index is -1.34. The molecule has 3 rings (SSSR count). The van der Waals surface area contributed by atoms with Gasteiger partial charge in [-0.1, -0.05) is 68.3 Å². The van der Waals surface area contributed by atoms with Crippen molar-refractivity contribution in [3.8, 4) is 23.0 Å². The number of amides is 2. The molecule has 166 valence electrons. The summed E-state index contributed by atoms with van der Waals surface area (Å²) in [5.41, 5.74) is 3.18. The van der Waals surface area contributed by atoms with E-state index in [0.29, 0.717) is 0 Å². The summed E-state index contributed by atoms with van der Waals surface area (Å²) < 4.78 is 5.40. The van der Waals surface area contributed by atoms with E-state index in [0.717, 1.165) is 22.3 Å². The maximum absolute atomic E-state index is 12.1. The number of fused-ring (bicyclic) bond motifs is 3. The summed E-state index contributed by atoms with van der Waals surface area (Å²) >= 11 is 0. The number of carbonyl (C=O) groups excluding carboxylic acids is 2. The highest BCUT2D eigenvalue weighted by molar-refractivity contribution is 5.97. The average Bonchev–Trinajstić information content (AvgIpc) is 3.12. The van der Waals surface area contributed by atoms with Gasteiger partial charge in [0, 0.05) is 5.92 Å². The Morgan fingerprint density at radius 3 is 2.09 bits per heavy atom. The molecule has 2 amide bonds. The number of rotatable bonds is 7. The third kappa shape index (κ3) is 4.75. The van der Waals surface area contributed by atoms with E-state index < -0.39 is 23.5 Å². The third-order valence-corrected chi connectivity index (χ3v) is 5.84. The fourth-order valence-electron chi connectivity index (χ4n) is 3.92. The van der Waals surface area contributed by atoms with Crippen molar-refractivity contribution in [3.05, 3.63) is 59.7 Å². The molecule has 0 heterocycles. The van der Waals surface area contributed by atoms with E-state index in [4.69, 9.17) is 4.74 Å². The minimum absolute atomic E-state index is 0.0442. The van der Waals surface area contributed by atoms with E-state index in [1.165, 1.54) is 0 Å². The van der Waals surface area contributed by atoms with E-state index in [-0.39, 0.29) is 31.9 Å². The van der Waals surface area contributed by atoms with Crippen molar-refractivity contribution in [2.45, 2.75) is 38.1 Å². The SMILES string of the molecule is CCC(CC)(NC(=O)C#CCNC(=O)OCC1c2ccccc2-c2ccccc21)C(=O)O. The predicted octanol–water partition coefficient (Wildman–Crippen LogP) is 3.29. The third-order valence-electron chi connectivity index (χ3n) is 5.84. The van der Waals surface area contributed by atoms with E-state index in [9.17, 15) is 19.5 Å². The van der Waals surface area contributed by atoms with Gasteiger partial charge in [0.2, 0.25) is 0 Å². The normalized spacial score (nSPS) is 12.1. The van der Waals surface area contributed by atoms with Crippen LogP contribution in [-0.2, 0) is 14.3 Å². The number of alkyl carbamates (subject to hydrolysis) is 1. The van der Waals surface area contributed by atoms with Crippen LogP contribution in [0.25, 0.3) is 11.1 Å². The molecule has 0 spiro atoms. The Labute approximate surface area is 187 Å². The number of benzene rings is 2. The first-order valence-electron chi connectivity index (χ1n) is 10.5. The van der Waals surface area contributed by atoms with Gasteiger partial charge in [0.05, 0.1) is 6.54 Å². The smallest absolute Gasteiger partial charge is 0.407 e. The first-order chi connectivity index (χ1) is 15.4. The van der Waals surface area contributed by atoms with Gasteiger partial charge in [0.1, 0.15) is 12.1 Å². The average molecular weight is 434 g/mol. The van der Waals surface area contributed by atoms with E-state index in [1.54, 1.807) is 13.8 Å². The van der Waals surface area contributed by atoms with Crippen molar-refractivity contribution in [2.75, 3.05) is 13.2 Å². The molecule has 7 nitrogen and oxygen atoms in total. The Hall–Kier alpha value is -3.79. The van der Waals surface area contributed by atoms with Gasteiger partial charge in [-0.15, -0.1) is 0 Å². The maximum atomic E-state index is 12.1. The first kappa shape index (κ1) is 22.9. The molecule has 3 N–H and O–H groups in total. The largest absolute Gasteiger partial charge is 0.480 e. The molecule has 0 aliphatic heterocycles. The zero-order chi connectivity index (χ0) is 23.1. The number of carbonyl (C=O) groups is 3. The second-order valence-electron chi connectivity index (χ2n) is 7.53. The van der Waals surface area contributed by atoms with E-state index in [2.05, 4.69) is 34.6 Å². The lowest BCUT2D eigenvalue weighted by Gasteiger charge is -2.26. The van der Waals surface area contributed by atoms with Crippen LogP contribution in [0.2, 0.25) is 0 Å². The van der Waals surface area contributed by atoms with Crippen molar-refractivity contribution in [2.24, 2.45) is 0 Å². The van der Waals surface area contributed by atoms with Crippen molar-refractivity contribution in [1.29, 1.82) is 0 Å². The van der Waals surface area contributed by atoms with Gasteiger partial charge >= 0.3 is 12.1 Å². The summed E-state index contributed by atoms with van der Waals surface area (Å²) in [6.07, 6.45) is -0.155. The van der Waals surface area contributed by atoms with Gasteiger partial charge in [0.15, 0.2) is 0 Å². The van der Waals surface area contributed by atoms with Crippen molar-refractivity contribution in [1.82, 2.24) is 10.6 Å². The topological polar surface area (TPSA) is 105 Å². The van der Waals surface area contributed by atoms with Crippen LogP contribution in [0, 0.1) is 11.8 Å².